The van der Waals surface area contributed by atoms with Crippen LogP contribution in [0.25, 0.3) is 11.0 Å². The van der Waals surface area contributed by atoms with E-state index in [2.05, 4.69) is 15.3 Å². The first-order chi connectivity index (χ1) is 9.91. The predicted molar refractivity (Wildman–Crippen MR) is 74.3 cm³/mol. The van der Waals surface area contributed by atoms with Crippen molar-refractivity contribution in [1.29, 1.82) is 0 Å². The molecule has 0 unspecified atom stereocenters. The van der Waals surface area contributed by atoms with Crippen LogP contribution in [-0.2, 0) is 0 Å². The van der Waals surface area contributed by atoms with Gasteiger partial charge in [-0.05, 0) is 43.9 Å². The van der Waals surface area contributed by atoms with Gasteiger partial charge in [0, 0.05) is 11.7 Å². The van der Waals surface area contributed by atoms with Gasteiger partial charge in [0.15, 0.2) is 0 Å². The highest BCUT2D eigenvalue weighted by Crippen LogP contribution is 2.38. The molecule has 0 radical (unpaired) electrons. The Morgan fingerprint density at radius 2 is 1.71 bits per heavy atom. The van der Waals surface area contributed by atoms with Gasteiger partial charge < -0.3 is 15.3 Å². The zero-order chi connectivity index (χ0) is 15.0. The van der Waals surface area contributed by atoms with Gasteiger partial charge in [-0.25, -0.2) is 4.79 Å². The van der Waals surface area contributed by atoms with E-state index >= 15 is 0 Å². The number of alkyl halides is 3. The number of aromatic amines is 2. The lowest BCUT2D eigenvalue weighted by atomic mass is 9.85. The highest BCUT2D eigenvalue weighted by atomic mass is 19.4. The van der Waals surface area contributed by atoms with Gasteiger partial charge in [0.25, 0.3) is 0 Å². The number of rotatable bonds is 2. The third-order valence-electron chi connectivity index (χ3n) is 4.08. The Balaban J connectivity index is 1.65. The predicted octanol–water partition coefficient (Wildman–Crippen LogP) is 3.39. The molecule has 3 rings (SSSR count). The van der Waals surface area contributed by atoms with Crippen LogP contribution >= 0.6 is 0 Å². The summed E-state index contributed by atoms with van der Waals surface area (Å²) in [7, 11) is 0. The first-order valence-corrected chi connectivity index (χ1v) is 6.97. The van der Waals surface area contributed by atoms with E-state index in [4.69, 9.17) is 0 Å². The molecular formula is C14H16F3N3O. The summed E-state index contributed by atoms with van der Waals surface area (Å²) >= 11 is 0. The smallest absolute Gasteiger partial charge is 0.382 e. The quantitative estimate of drug-likeness (QED) is 0.796. The number of halogens is 3. The van der Waals surface area contributed by atoms with Crippen molar-refractivity contribution in [3.8, 4) is 0 Å². The molecule has 0 bridgehead atoms. The minimum absolute atomic E-state index is 0.0479. The second-order valence-corrected chi connectivity index (χ2v) is 5.57. The summed E-state index contributed by atoms with van der Waals surface area (Å²) in [5.74, 6) is -1.17. The molecule has 2 aromatic rings. The van der Waals surface area contributed by atoms with Gasteiger partial charge in [-0.1, -0.05) is 0 Å². The molecule has 21 heavy (non-hydrogen) atoms. The van der Waals surface area contributed by atoms with Crippen LogP contribution in [0.2, 0.25) is 0 Å². The molecule has 0 atom stereocenters. The van der Waals surface area contributed by atoms with Crippen LogP contribution in [0.4, 0.5) is 18.9 Å². The van der Waals surface area contributed by atoms with Crippen LogP contribution in [0.5, 0.6) is 0 Å². The molecule has 0 aliphatic heterocycles. The number of hydrogen-bond donors (Lipinski definition) is 3. The molecule has 4 nitrogen and oxygen atoms in total. The van der Waals surface area contributed by atoms with Gasteiger partial charge in [-0.15, -0.1) is 0 Å². The van der Waals surface area contributed by atoms with E-state index in [1.165, 1.54) is 0 Å². The van der Waals surface area contributed by atoms with Crippen molar-refractivity contribution in [2.24, 2.45) is 5.92 Å². The second-order valence-electron chi connectivity index (χ2n) is 5.57. The first kappa shape index (κ1) is 14.0. The van der Waals surface area contributed by atoms with Crippen LogP contribution in [0.1, 0.15) is 25.7 Å². The fraction of sp³-hybridized carbons (Fsp3) is 0.500. The van der Waals surface area contributed by atoms with Crippen LogP contribution < -0.4 is 11.0 Å². The number of nitrogens with one attached hydrogen (secondary N) is 3. The average molecular weight is 299 g/mol. The van der Waals surface area contributed by atoms with E-state index in [1.807, 2.05) is 6.07 Å². The largest absolute Gasteiger partial charge is 0.391 e. The monoisotopic (exact) mass is 299 g/mol. The summed E-state index contributed by atoms with van der Waals surface area (Å²) in [5, 5.41) is 3.25. The van der Waals surface area contributed by atoms with Gasteiger partial charge in [-0.2, -0.15) is 13.2 Å². The number of imidazole rings is 1. The number of anilines is 1. The number of H-pyrrole nitrogens is 2. The van der Waals surface area contributed by atoms with Crippen molar-refractivity contribution in [3.63, 3.8) is 0 Å². The number of aromatic nitrogens is 2. The van der Waals surface area contributed by atoms with E-state index < -0.39 is 12.1 Å². The van der Waals surface area contributed by atoms with Crippen molar-refractivity contribution >= 4 is 16.7 Å². The van der Waals surface area contributed by atoms with E-state index in [0.717, 1.165) is 5.69 Å². The highest BCUT2D eigenvalue weighted by Gasteiger charge is 2.41. The molecule has 1 aliphatic rings. The standard InChI is InChI=1S/C14H16F3N3O/c15-14(16,17)8-1-3-9(4-2-8)18-10-5-6-11-12(7-10)20-13(21)19-11/h5-9,18H,1-4H2,(H2,19,20,21). The molecule has 7 heteroatoms. The minimum Gasteiger partial charge on any atom is -0.382 e. The minimum atomic E-state index is -4.07. The Labute approximate surface area is 118 Å². The highest BCUT2D eigenvalue weighted by molar-refractivity contribution is 5.78. The topological polar surface area (TPSA) is 60.7 Å². The number of hydrogen-bond acceptors (Lipinski definition) is 2. The molecule has 1 aliphatic carbocycles. The SMILES string of the molecule is O=c1[nH]c2ccc(NC3CCC(C(F)(F)F)CC3)cc2[nH]1. The molecule has 114 valence electrons. The van der Waals surface area contributed by atoms with Crippen molar-refractivity contribution in [1.82, 2.24) is 9.97 Å². The zero-order valence-corrected chi connectivity index (χ0v) is 11.3. The van der Waals surface area contributed by atoms with Crippen LogP contribution in [-0.4, -0.2) is 22.2 Å². The van der Waals surface area contributed by atoms with Gasteiger partial charge in [0.2, 0.25) is 0 Å². The molecule has 3 N–H and O–H groups in total. The molecule has 1 heterocycles. The average Bonchev–Trinajstić information content (AvgIpc) is 2.78. The Kier molecular flexibility index (Phi) is 3.43. The molecule has 0 spiro atoms. The fourth-order valence-corrected chi connectivity index (χ4v) is 2.92. The summed E-state index contributed by atoms with van der Waals surface area (Å²) < 4.78 is 37.8. The maximum atomic E-state index is 12.6. The molecule has 0 saturated heterocycles. The van der Waals surface area contributed by atoms with E-state index in [0.29, 0.717) is 23.9 Å². The fourth-order valence-electron chi connectivity index (χ4n) is 2.92. The lowest BCUT2D eigenvalue weighted by molar-refractivity contribution is -0.182. The maximum absolute atomic E-state index is 12.6. The first-order valence-electron chi connectivity index (χ1n) is 6.97. The summed E-state index contributed by atoms with van der Waals surface area (Å²) in [6.07, 6.45) is -2.72. The van der Waals surface area contributed by atoms with Gasteiger partial charge in [0.1, 0.15) is 0 Å². The summed E-state index contributed by atoms with van der Waals surface area (Å²) in [6.45, 7) is 0. The Bertz CT molecular complexity index is 681. The molecule has 1 aromatic carbocycles. The lowest BCUT2D eigenvalue weighted by Crippen LogP contribution is -2.32. The molecule has 1 aromatic heterocycles. The van der Waals surface area contributed by atoms with Gasteiger partial charge in [0.05, 0.1) is 17.0 Å². The van der Waals surface area contributed by atoms with Crippen molar-refractivity contribution in [2.45, 2.75) is 37.9 Å². The van der Waals surface area contributed by atoms with Gasteiger partial charge >= 0.3 is 11.9 Å². The van der Waals surface area contributed by atoms with Crippen LogP contribution in [0.15, 0.2) is 23.0 Å². The number of fused-ring (bicyclic) bond motifs is 1. The normalized spacial score (nSPS) is 23.4. The Morgan fingerprint density at radius 1 is 1.05 bits per heavy atom. The Morgan fingerprint density at radius 3 is 2.38 bits per heavy atom. The van der Waals surface area contributed by atoms with E-state index in [-0.39, 0.29) is 24.6 Å². The van der Waals surface area contributed by atoms with Crippen molar-refractivity contribution in [2.75, 3.05) is 5.32 Å². The summed E-state index contributed by atoms with van der Waals surface area (Å²) in [4.78, 5) is 16.5. The Hall–Kier alpha value is -1.92. The lowest BCUT2D eigenvalue weighted by Gasteiger charge is -2.30. The zero-order valence-electron chi connectivity index (χ0n) is 11.3. The third kappa shape index (κ3) is 3.06. The van der Waals surface area contributed by atoms with Crippen molar-refractivity contribution in [3.05, 3.63) is 28.7 Å². The third-order valence-corrected chi connectivity index (χ3v) is 4.08. The summed E-state index contributed by atoms with van der Waals surface area (Å²) in [6, 6.07) is 5.44. The van der Waals surface area contributed by atoms with E-state index in [1.54, 1.807) is 12.1 Å². The molecule has 1 fully saturated rings. The second kappa shape index (κ2) is 5.13. The maximum Gasteiger partial charge on any atom is 0.391 e. The molecule has 0 amide bonds. The molecule has 1 saturated carbocycles. The van der Waals surface area contributed by atoms with Crippen LogP contribution in [0, 0.1) is 5.92 Å². The van der Waals surface area contributed by atoms with E-state index in [9.17, 15) is 18.0 Å². The summed E-state index contributed by atoms with van der Waals surface area (Å²) in [5.41, 5.74) is 1.95. The molecular weight excluding hydrogens is 283 g/mol. The van der Waals surface area contributed by atoms with Crippen molar-refractivity contribution < 1.29 is 13.2 Å². The van der Waals surface area contributed by atoms with Crippen LogP contribution in [0.3, 0.4) is 0 Å². The van der Waals surface area contributed by atoms with Gasteiger partial charge in [-0.3, -0.25) is 0 Å². The number of benzene rings is 1.